The van der Waals surface area contributed by atoms with Crippen molar-refractivity contribution >= 4 is 16.7 Å². The van der Waals surface area contributed by atoms with Crippen molar-refractivity contribution in [1.29, 1.82) is 0 Å². The maximum absolute atomic E-state index is 13.2. The van der Waals surface area contributed by atoms with Crippen LogP contribution in [0.2, 0.25) is 0 Å². The highest BCUT2D eigenvalue weighted by atomic mass is 19.1. The third-order valence-electron chi connectivity index (χ3n) is 3.41. The van der Waals surface area contributed by atoms with Crippen LogP contribution in [0.3, 0.4) is 0 Å². The first-order valence-electron chi connectivity index (χ1n) is 6.05. The number of hydrogen-bond donors (Lipinski definition) is 1. The van der Waals surface area contributed by atoms with E-state index < -0.39 is 0 Å². The molecule has 3 aromatic rings. The highest BCUT2D eigenvalue weighted by molar-refractivity contribution is 5.84. The topological polar surface area (TPSA) is 43.8 Å². The molecule has 0 bridgehead atoms. The molecule has 0 unspecified atom stereocenters. The summed E-state index contributed by atoms with van der Waals surface area (Å²) >= 11 is 0. The zero-order chi connectivity index (χ0) is 13.6. The summed E-state index contributed by atoms with van der Waals surface area (Å²) in [6.07, 6.45) is 0. The van der Waals surface area contributed by atoms with Gasteiger partial charge in [-0.2, -0.15) is 0 Å². The SMILES string of the molecule is Cc1cccc(-c2nc3cc(F)ccc3n2C)c1N. The fourth-order valence-corrected chi connectivity index (χ4v) is 2.29. The molecule has 0 saturated carbocycles. The molecular weight excluding hydrogens is 241 g/mol. The predicted molar refractivity (Wildman–Crippen MR) is 75.3 cm³/mol. The van der Waals surface area contributed by atoms with Gasteiger partial charge in [-0.05, 0) is 30.7 Å². The maximum atomic E-state index is 13.2. The van der Waals surface area contributed by atoms with E-state index in [0.29, 0.717) is 11.2 Å². The molecular formula is C15H14FN3. The molecule has 0 radical (unpaired) electrons. The Hall–Kier alpha value is -2.36. The molecule has 2 N–H and O–H groups in total. The molecule has 19 heavy (non-hydrogen) atoms. The first kappa shape index (κ1) is 11.7. The van der Waals surface area contributed by atoms with E-state index in [1.54, 1.807) is 6.07 Å². The molecule has 0 aliphatic heterocycles. The van der Waals surface area contributed by atoms with Gasteiger partial charge < -0.3 is 10.3 Å². The number of aromatic nitrogens is 2. The molecule has 0 saturated heterocycles. The van der Waals surface area contributed by atoms with Gasteiger partial charge in [0.25, 0.3) is 0 Å². The molecule has 1 heterocycles. The van der Waals surface area contributed by atoms with Gasteiger partial charge in [0.1, 0.15) is 11.6 Å². The van der Waals surface area contributed by atoms with E-state index in [0.717, 1.165) is 22.5 Å². The van der Waals surface area contributed by atoms with Gasteiger partial charge >= 0.3 is 0 Å². The molecule has 0 aliphatic rings. The standard InChI is InChI=1S/C15H14FN3/c1-9-4-3-5-11(14(9)17)15-18-12-8-10(16)6-7-13(12)19(15)2/h3-8H,17H2,1-2H3. The largest absolute Gasteiger partial charge is 0.398 e. The van der Waals surface area contributed by atoms with Crippen LogP contribution in [0.25, 0.3) is 22.4 Å². The molecule has 2 aromatic carbocycles. The summed E-state index contributed by atoms with van der Waals surface area (Å²) in [6, 6.07) is 10.4. The first-order valence-corrected chi connectivity index (χ1v) is 6.05. The highest BCUT2D eigenvalue weighted by Crippen LogP contribution is 2.29. The van der Waals surface area contributed by atoms with Crippen molar-refractivity contribution in [2.24, 2.45) is 7.05 Å². The normalized spacial score (nSPS) is 11.1. The highest BCUT2D eigenvalue weighted by Gasteiger charge is 2.13. The molecule has 0 spiro atoms. The number of fused-ring (bicyclic) bond motifs is 1. The Morgan fingerprint density at radius 2 is 2.00 bits per heavy atom. The summed E-state index contributed by atoms with van der Waals surface area (Å²) in [5, 5.41) is 0. The van der Waals surface area contributed by atoms with Crippen LogP contribution in [0, 0.1) is 12.7 Å². The molecule has 96 valence electrons. The fraction of sp³-hybridized carbons (Fsp3) is 0.133. The number of para-hydroxylation sites is 1. The molecule has 0 amide bonds. The second-order valence-electron chi connectivity index (χ2n) is 4.66. The summed E-state index contributed by atoms with van der Waals surface area (Å²) < 4.78 is 15.2. The van der Waals surface area contributed by atoms with E-state index >= 15 is 0 Å². The minimum Gasteiger partial charge on any atom is -0.398 e. The van der Waals surface area contributed by atoms with Crippen LogP contribution in [0.4, 0.5) is 10.1 Å². The number of benzene rings is 2. The Labute approximate surface area is 110 Å². The Morgan fingerprint density at radius 1 is 1.21 bits per heavy atom. The molecule has 0 atom stereocenters. The number of imidazole rings is 1. The van der Waals surface area contributed by atoms with Crippen molar-refractivity contribution < 1.29 is 4.39 Å². The minimum atomic E-state index is -0.283. The fourth-order valence-electron chi connectivity index (χ4n) is 2.29. The molecule has 4 heteroatoms. The average Bonchev–Trinajstić information content (AvgIpc) is 2.69. The van der Waals surface area contributed by atoms with Crippen molar-refractivity contribution in [3.8, 4) is 11.4 Å². The van der Waals surface area contributed by atoms with E-state index in [2.05, 4.69) is 4.98 Å². The van der Waals surface area contributed by atoms with Crippen LogP contribution in [0.5, 0.6) is 0 Å². The number of halogens is 1. The zero-order valence-corrected chi connectivity index (χ0v) is 10.8. The molecule has 3 nitrogen and oxygen atoms in total. The van der Waals surface area contributed by atoms with Gasteiger partial charge in [-0.3, -0.25) is 0 Å². The summed E-state index contributed by atoms with van der Waals surface area (Å²) in [4.78, 5) is 4.49. The zero-order valence-electron chi connectivity index (χ0n) is 10.8. The van der Waals surface area contributed by atoms with Crippen LogP contribution in [0.15, 0.2) is 36.4 Å². The van der Waals surface area contributed by atoms with E-state index in [1.165, 1.54) is 12.1 Å². The van der Waals surface area contributed by atoms with Crippen molar-refractivity contribution in [1.82, 2.24) is 9.55 Å². The lowest BCUT2D eigenvalue weighted by Gasteiger charge is -2.08. The van der Waals surface area contributed by atoms with Crippen LogP contribution in [-0.2, 0) is 7.05 Å². The number of aryl methyl sites for hydroxylation is 2. The van der Waals surface area contributed by atoms with Gasteiger partial charge in [-0.15, -0.1) is 0 Å². The molecule has 0 aliphatic carbocycles. The average molecular weight is 255 g/mol. The number of hydrogen-bond acceptors (Lipinski definition) is 2. The summed E-state index contributed by atoms with van der Waals surface area (Å²) in [5.74, 6) is 0.469. The van der Waals surface area contributed by atoms with Gasteiger partial charge in [0.2, 0.25) is 0 Å². The summed E-state index contributed by atoms with van der Waals surface area (Å²) in [6.45, 7) is 1.96. The van der Waals surface area contributed by atoms with Crippen molar-refractivity contribution in [3.63, 3.8) is 0 Å². The number of nitrogen functional groups attached to an aromatic ring is 1. The van der Waals surface area contributed by atoms with Gasteiger partial charge in [0, 0.05) is 24.4 Å². The summed E-state index contributed by atoms with van der Waals surface area (Å²) in [5.41, 5.74) is 10.2. The molecule has 3 rings (SSSR count). The third-order valence-corrected chi connectivity index (χ3v) is 3.41. The van der Waals surface area contributed by atoms with Crippen LogP contribution < -0.4 is 5.73 Å². The van der Waals surface area contributed by atoms with Crippen LogP contribution >= 0.6 is 0 Å². The molecule has 1 aromatic heterocycles. The van der Waals surface area contributed by atoms with Gasteiger partial charge in [0.05, 0.1) is 11.0 Å². The summed E-state index contributed by atoms with van der Waals surface area (Å²) in [7, 11) is 1.91. The second kappa shape index (κ2) is 4.09. The van der Waals surface area contributed by atoms with E-state index in [4.69, 9.17) is 5.73 Å². The smallest absolute Gasteiger partial charge is 0.142 e. The second-order valence-corrected chi connectivity index (χ2v) is 4.66. The van der Waals surface area contributed by atoms with E-state index in [1.807, 2.05) is 36.7 Å². The quantitative estimate of drug-likeness (QED) is 0.678. The Morgan fingerprint density at radius 3 is 2.79 bits per heavy atom. The van der Waals surface area contributed by atoms with Crippen LogP contribution in [-0.4, -0.2) is 9.55 Å². The lowest BCUT2D eigenvalue weighted by Crippen LogP contribution is -1.98. The lowest BCUT2D eigenvalue weighted by atomic mass is 10.1. The first-order chi connectivity index (χ1) is 9.08. The third kappa shape index (κ3) is 1.76. The maximum Gasteiger partial charge on any atom is 0.142 e. The molecule has 0 fully saturated rings. The monoisotopic (exact) mass is 255 g/mol. The van der Waals surface area contributed by atoms with Crippen molar-refractivity contribution in [2.75, 3.05) is 5.73 Å². The van der Waals surface area contributed by atoms with Crippen molar-refractivity contribution in [2.45, 2.75) is 6.92 Å². The predicted octanol–water partition coefficient (Wildman–Crippen LogP) is 3.27. The van der Waals surface area contributed by atoms with E-state index in [9.17, 15) is 4.39 Å². The van der Waals surface area contributed by atoms with Gasteiger partial charge in [0.15, 0.2) is 0 Å². The Bertz CT molecular complexity index is 774. The number of rotatable bonds is 1. The van der Waals surface area contributed by atoms with Crippen molar-refractivity contribution in [3.05, 3.63) is 47.8 Å². The van der Waals surface area contributed by atoms with Crippen LogP contribution in [0.1, 0.15) is 5.56 Å². The number of nitrogens with two attached hydrogens (primary N) is 1. The minimum absolute atomic E-state index is 0.283. The number of anilines is 1. The lowest BCUT2D eigenvalue weighted by molar-refractivity contribution is 0.629. The van der Waals surface area contributed by atoms with Gasteiger partial charge in [-0.1, -0.05) is 12.1 Å². The Balaban J connectivity index is 2.31. The Kier molecular flexibility index (Phi) is 2.52. The van der Waals surface area contributed by atoms with Gasteiger partial charge in [-0.25, -0.2) is 9.37 Å². The number of nitrogens with zero attached hydrogens (tertiary/aromatic N) is 2. The van der Waals surface area contributed by atoms with E-state index in [-0.39, 0.29) is 5.82 Å².